The fraction of sp³-hybridized carbons (Fsp3) is 0.923. The van der Waals surface area contributed by atoms with Crippen LogP contribution in [0.3, 0.4) is 0 Å². The monoisotopic (exact) mass is 228 g/mol. The third-order valence-corrected chi connectivity index (χ3v) is 3.40. The first kappa shape index (κ1) is 13.7. The second-order valence-corrected chi connectivity index (χ2v) is 4.62. The third kappa shape index (κ3) is 3.56. The summed E-state index contributed by atoms with van der Waals surface area (Å²) in [6.07, 6.45) is 5.11. The van der Waals surface area contributed by atoms with E-state index in [0.29, 0.717) is 12.3 Å². The van der Waals surface area contributed by atoms with Crippen LogP contribution in [-0.4, -0.2) is 31.7 Å². The molecule has 0 amide bonds. The molecule has 0 aromatic carbocycles. The van der Waals surface area contributed by atoms with Gasteiger partial charge < -0.3 is 9.47 Å². The zero-order chi connectivity index (χ0) is 12.0. The molecule has 1 aliphatic rings. The lowest BCUT2D eigenvalue weighted by Crippen LogP contribution is -2.50. The maximum absolute atomic E-state index is 11.2. The Balaban J connectivity index is 2.19. The van der Waals surface area contributed by atoms with Gasteiger partial charge in [-0.1, -0.05) is 33.1 Å². The Labute approximate surface area is 98.5 Å². The Morgan fingerprint density at radius 2 is 2.19 bits per heavy atom. The first-order valence-electron chi connectivity index (χ1n) is 6.40. The van der Waals surface area contributed by atoms with Crippen molar-refractivity contribution in [1.29, 1.82) is 0 Å². The minimum Gasteiger partial charge on any atom is -0.374 e. The van der Waals surface area contributed by atoms with Crippen molar-refractivity contribution in [1.82, 2.24) is 0 Å². The number of carbonyl (C=O) groups is 1. The molecule has 3 nitrogen and oxygen atoms in total. The average Bonchev–Trinajstić information content (AvgIpc) is 2.28. The van der Waals surface area contributed by atoms with Crippen LogP contribution in [0.1, 0.15) is 46.0 Å². The summed E-state index contributed by atoms with van der Waals surface area (Å²) < 4.78 is 10.8. The molecule has 0 N–H and O–H groups in total. The zero-order valence-electron chi connectivity index (χ0n) is 10.7. The fourth-order valence-electron chi connectivity index (χ4n) is 2.06. The van der Waals surface area contributed by atoms with E-state index in [-0.39, 0.29) is 18.0 Å². The minimum absolute atomic E-state index is 0.00757. The van der Waals surface area contributed by atoms with Gasteiger partial charge >= 0.3 is 0 Å². The number of hydrogen-bond donors (Lipinski definition) is 0. The highest BCUT2D eigenvalue weighted by Gasteiger charge is 2.40. The predicted octanol–water partition coefficient (Wildman–Crippen LogP) is 2.58. The van der Waals surface area contributed by atoms with E-state index in [2.05, 4.69) is 13.8 Å². The first-order valence-corrected chi connectivity index (χ1v) is 6.40. The second-order valence-electron chi connectivity index (χ2n) is 4.62. The van der Waals surface area contributed by atoms with Gasteiger partial charge in [-0.05, 0) is 12.3 Å². The van der Waals surface area contributed by atoms with Gasteiger partial charge in [0.1, 0.15) is 6.10 Å². The molecule has 1 saturated carbocycles. The molecule has 0 radical (unpaired) electrons. The molecule has 0 spiro atoms. The standard InChI is InChI=1S/C13H24O3/c1-4-6-7-10(5-2)9-16-12-8-11(14)13(12)15-3/h10,12-13H,4-9H2,1-3H3. The van der Waals surface area contributed by atoms with Gasteiger partial charge in [-0.3, -0.25) is 4.79 Å². The topological polar surface area (TPSA) is 35.5 Å². The quantitative estimate of drug-likeness (QED) is 0.640. The highest BCUT2D eigenvalue weighted by molar-refractivity contribution is 5.90. The number of unbranched alkanes of at least 4 members (excludes halogenated alkanes) is 1. The van der Waals surface area contributed by atoms with Crippen LogP contribution < -0.4 is 0 Å². The van der Waals surface area contributed by atoms with Crippen molar-refractivity contribution < 1.29 is 14.3 Å². The average molecular weight is 228 g/mol. The van der Waals surface area contributed by atoms with Gasteiger partial charge in [0.25, 0.3) is 0 Å². The minimum atomic E-state index is -0.302. The molecule has 1 aliphatic carbocycles. The predicted molar refractivity (Wildman–Crippen MR) is 63.5 cm³/mol. The molecule has 3 unspecified atom stereocenters. The van der Waals surface area contributed by atoms with Crippen LogP contribution in [0.4, 0.5) is 0 Å². The number of carbonyl (C=O) groups excluding carboxylic acids is 1. The van der Waals surface area contributed by atoms with Crippen LogP contribution in [0.15, 0.2) is 0 Å². The van der Waals surface area contributed by atoms with E-state index in [1.165, 1.54) is 19.3 Å². The number of methoxy groups -OCH3 is 1. The molecular weight excluding hydrogens is 204 g/mol. The van der Waals surface area contributed by atoms with Crippen LogP contribution >= 0.6 is 0 Å². The Bertz CT molecular complexity index is 215. The molecule has 16 heavy (non-hydrogen) atoms. The van der Waals surface area contributed by atoms with Gasteiger partial charge in [-0.25, -0.2) is 0 Å². The van der Waals surface area contributed by atoms with Gasteiger partial charge in [0, 0.05) is 20.1 Å². The molecule has 0 aromatic heterocycles. The molecular formula is C13H24O3. The molecule has 1 fully saturated rings. The third-order valence-electron chi connectivity index (χ3n) is 3.40. The SMILES string of the molecule is CCCCC(CC)COC1CC(=O)C1OC. The largest absolute Gasteiger partial charge is 0.374 e. The molecule has 3 heteroatoms. The lowest BCUT2D eigenvalue weighted by atomic mass is 9.89. The lowest BCUT2D eigenvalue weighted by molar-refractivity contribution is -0.163. The van der Waals surface area contributed by atoms with E-state index in [1.807, 2.05) is 0 Å². The summed E-state index contributed by atoms with van der Waals surface area (Å²) >= 11 is 0. The van der Waals surface area contributed by atoms with Crippen molar-refractivity contribution in [3.8, 4) is 0 Å². The van der Waals surface area contributed by atoms with Gasteiger partial charge in [-0.15, -0.1) is 0 Å². The maximum atomic E-state index is 11.2. The van der Waals surface area contributed by atoms with Crippen molar-refractivity contribution in [3.63, 3.8) is 0 Å². The van der Waals surface area contributed by atoms with Gasteiger partial charge in [-0.2, -0.15) is 0 Å². The summed E-state index contributed by atoms with van der Waals surface area (Å²) in [5, 5.41) is 0. The summed E-state index contributed by atoms with van der Waals surface area (Å²) in [6, 6.07) is 0. The number of ketones is 1. The Hall–Kier alpha value is -0.410. The van der Waals surface area contributed by atoms with E-state index in [4.69, 9.17) is 9.47 Å². The number of Topliss-reactive ketones (excluding diaryl/α,β-unsaturated/α-hetero) is 1. The highest BCUT2D eigenvalue weighted by Crippen LogP contribution is 2.24. The smallest absolute Gasteiger partial charge is 0.166 e. The van der Waals surface area contributed by atoms with Crippen molar-refractivity contribution in [2.24, 2.45) is 5.92 Å². The summed E-state index contributed by atoms with van der Waals surface area (Å²) in [6.45, 7) is 5.18. The van der Waals surface area contributed by atoms with Crippen LogP contribution in [0.2, 0.25) is 0 Å². The van der Waals surface area contributed by atoms with Crippen molar-refractivity contribution >= 4 is 5.78 Å². The summed E-state index contributed by atoms with van der Waals surface area (Å²) in [7, 11) is 1.58. The Morgan fingerprint density at radius 3 is 2.69 bits per heavy atom. The molecule has 3 atom stereocenters. The lowest BCUT2D eigenvalue weighted by Gasteiger charge is -2.34. The summed E-state index contributed by atoms with van der Waals surface area (Å²) in [4.78, 5) is 11.2. The maximum Gasteiger partial charge on any atom is 0.166 e. The van der Waals surface area contributed by atoms with E-state index < -0.39 is 0 Å². The van der Waals surface area contributed by atoms with Crippen LogP contribution in [0.5, 0.6) is 0 Å². The van der Waals surface area contributed by atoms with E-state index >= 15 is 0 Å². The van der Waals surface area contributed by atoms with Crippen molar-refractivity contribution in [3.05, 3.63) is 0 Å². The Kier molecular flexibility index (Phi) is 5.99. The highest BCUT2D eigenvalue weighted by atomic mass is 16.5. The molecule has 0 saturated heterocycles. The van der Waals surface area contributed by atoms with E-state index in [1.54, 1.807) is 7.11 Å². The van der Waals surface area contributed by atoms with Crippen LogP contribution in [0.25, 0.3) is 0 Å². The van der Waals surface area contributed by atoms with Gasteiger partial charge in [0.2, 0.25) is 0 Å². The summed E-state index contributed by atoms with van der Waals surface area (Å²) in [5.74, 6) is 0.808. The first-order chi connectivity index (χ1) is 7.72. The second kappa shape index (κ2) is 7.02. The van der Waals surface area contributed by atoms with Crippen LogP contribution in [-0.2, 0) is 14.3 Å². The van der Waals surface area contributed by atoms with E-state index in [9.17, 15) is 4.79 Å². The van der Waals surface area contributed by atoms with E-state index in [0.717, 1.165) is 13.0 Å². The molecule has 0 aromatic rings. The van der Waals surface area contributed by atoms with Crippen LogP contribution in [0, 0.1) is 5.92 Å². The molecule has 1 rings (SSSR count). The molecule has 94 valence electrons. The van der Waals surface area contributed by atoms with Crippen molar-refractivity contribution in [2.75, 3.05) is 13.7 Å². The van der Waals surface area contributed by atoms with Gasteiger partial charge in [0.05, 0.1) is 6.10 Å². The Morgan fingerprint density at radius 1 is 1.44 bits per heavy atom. The number of ether oxygens (including phenoxy) is 2. The fourth-order valence-corrected chi connectivity index (χ4v) is 2.06. The molecule has 0 heterocycles. The van der Waals surface area contributed by atoms with Crippen molar-refractivity contribution in [2.45, 2.75) is 58.2 Å². The molecule has 0 aliphatic heterocycles. The normalized spacial score (nSPS) is 26.6. The number of hydrogen-bond acceptors (Lipinski definition) is 3. The molecule has 0 bridgehead atoms. The number of rotatable bonds is 8. The summed E-state index contributed by atoms with van der Waals surface area (Å²) in [5.41, 5.74) is 0. The zero-order valence-corrected chi connectivity index (χ0v) is 10.7. The van der Waals surface area contributed by atoms with Gasteiger partial charge in [0.15, 0.2) is 5.78 Å².